The van der Waals surface area contributed by atoms with Gasteiger partial charge in [-0.15, -0.1) is 0 Å². The Morgan fingerprint density at radius 1 is 1.08 bits per heavy atom. The number of rotatable bonds is 2. The molecule has 0 unspecified atom stereocenters. The molecule has 2 aromatic rings. The van der Waals surface area contributed by atoms with Crippen LogP contribution in [0.1, 0.15) is 34.3 Å². The molecule has 2 saturated heterocycles. The number of aryl methyl sites for hydroxylation is 2. The van der Waals surface area contributed by atoms with Gasteiger partial charge >= 0.3 is 0 Å². The summed E-state index contributed by atoms with van der Waals surface area (Å²) in [5, 5.41) is 0. The number of aromatic nitrogens is 1. The van der Waals surface area contributed by atoms with Gasteiger partial charge in [0.05, 0.1) is 5.56 Å². The molecule has 4 rings (SSSR count). The van der Waals surface area contributed by atoms with Crippen molar-refractivity contribution in [1.82, 2.24) is 9.88 Å². The maximum atomic E-state index is 12.8. The maximum Gasteiger partial charge on any atom is 0.255 e. The Morgan fingerprint density at radius 3 is 2.58 bits per heavy atom. The van der Waals surface area contributed by atoms with Gasteiger partial charge in [-0.1, -0.05) is 17.7 Å². The third kappa shape index (κ3) is 2.98. The third-order valence-electron chi connectivity index (χ3n) is 5.51. The van der Waals surface area contributed by atoms with E-state index >= 15 is 0 Å². The highest BCUT2D eigenvalue weighted by Crippen LogP contribution is 2.42. The summed E-state index contributed by atoms with van der Waals surface area (Å²) in [5.74, 6) is 0.166. The van der Waals surface area contributed by atoms with Gasteiger partial charge in [0.15, 0.2) is 0 Å². The summed E-state index contributed by atoms with van der Waals surface area (Å²) in [6.45, 7) is 5.99. The van der Waals surface area contributed by atoms with Crippen LogP contribution in [-0.4, -0.2) is 41.3 Å². The lowest BCUT2D eigenvalue weighted by atomic mass is 9.86. The summed E-state index contributed by atoms with van der Waals surface area (Å²) >= 11 is 0. The van der Waals surface area contributed by atoms with Crippen LogP contribution < -0.4 is 4.90 Å². The standard InChI is InChI=1S/C21H23N3O2/c1-15-3-5-18(6-4-15)24-14-21(10-19(24)25)7-8-23(13-21)20(26)17-9-16(2)11-22-12-17/h3-6,9,11-12H,7-8,10,13-14H2,1-2H3/t21-/m1/s1. The molecule has 3 heterocycles. The molecule has 5 heteroatoms. The fourth-order valence-electron chi connectivity index (χ4n) is 4.09. The number of hydrogen-bond acceptors (Lipinski definition) is 3. The SMILES string of the molecule is Cc1ccc(N2C[C@]3(CCN(C(=O)c4cncc(C)c4)C3)CC2=O)cc1. The zero-order chi connectivity index (χ0) is 18.3. The monoisotopic (exact) mass is 349 g/mol. The first kappa shape index (κ1) is 16.8. The number of nitrogens with zero attached hydrogens (tertiary/aromatic N) is 3. The Labute approximate surface area is 153 Å². The van der Waals surface area contributed by atoms with Crippen molar-refractivity contribution in [3.63, 3.8) is 0 Å². The summed E-state index contributed by atoms with van der Waals surface area (Å²) in [6, 6.07) is 9.94. The predicted molar refractivity (Wildman–Crippen MR) is 100 cm³/mol. The number of likely N-dealkylation sites (tertiary alicyclic amines) is 1. The van der Waals surface area contributed by atoms with E-state index in [0.717, 1.165) is 17.7 Å². The molecule has 26 heavy (non-hydrogen) atoms. The van der Waals surface area contributed by atoms with Crippen molar-refractivity contribution in [1.29, 1.82) is 0 Å². The van der Waals surface area contributed by atoms with Gasteiger partial charge in [-0.25, -0.2) is 0 Å². The van der Waals surface area contributed by atoms with Crippen molar-refractivity contribution in [3.05, 3.63) is 59.4 Å². The molecular formula is C21H23N3O2. The molecule has 2 fully saturated rings. The second-order valence-electron chi connectivity index (χ2n) is 7.72. The Hall–Kier alpha value is -2.69. The summed E-state index contributed by atoms with van der Waals surface area (Å²) in [4.78, 5) is 33.3. The summed E-state index contributed by atoms with van der Waals surface area (Å²) in [7, 11) is 0. The Balaban J connectivity index is 1.50. The van der Waals surface area contributed by atoms with Gasteiger partial charge in [0.2, 0.25) is 5.91 Å². The zero-order valence-electron chi connectivity index (χ0n) is 15.2. The van der Waals surface area contributed by atoms with E-state index in [-0.39, 0.29) is 17.2 Å². The number of carbonyl (C=O) groups is 2. The first-order valence-electron chi connectivity index (χ1n) is 9.04. The highest BCUT2D eigenvalue weighted by Gasteiger charge is 2.48. The van der Waals surface area contributed by atoms with Gasteiger partial charge in [0.1, 0.15) is 0 Å². The molecule has 5 nitrogen and oxygen atoms in total. The minimum Gasteiger partial charge on any atom is -0.338 e. The van der Waals surface area contributed by atoms with Crippen molar-refractivity contribution < 1.29 is 9.59 Å². The van der Waals surface area contributed by atoms with Gasteiger partial charge in [-0.3, -0.25) is 14.6 Å². The van der Waals surface area contributed by atoms with Crippen LogP contribution >= 0.6 is 0 Å². The van der Waals surface area contributed by atoms with Gasteiger partial charge in [-0.05, 0) is 44.0 Å². The van der Waals surface area contributed by atoms with Crippen LogP contribution in [0.25, 0.3) is 0 Å². The van der Waals surface area contributed by atoms with E-state index in [2.05, 4.69) is 4.98 Å². The zero-order valence-corrected chi connectivity index (χ0v) is 15.2. The van der Waals surface area contributed by atoms with Crippen molar-refractivity contribution in [2.75, 3.05) is 24.5 Å². The van der Waals surface area contributed by atoms with E-state index < -0.39 is 0 Å². The van der Waals surface area contributed by atoms with E-state index in [1.807, 2.05) is 54.0 Å². The summed E-state index contributed by atoms with van der Waals surface area (Å²) in [6.07, 6.45) is 4.75. The largest absolute Gasteiger partial charge is 0.338 e. The van der Waals surface area contributed by atoms with E-state index in [9.17, 15) is 9.59 Å². The smallest absolute Gasteiger partial charge is 0.255 e. The van der Waals surface area contributed by atoms with Crippen molar-refractivity contribution in [2.24, 2.45) is 5.41 Å². The van der Waals surface area contributed by atoms with Gasteiger partial charge in [0, 0.05) is 49.6 Å². The predicted octanol–water partition coefficient (Wildman–Crippen LogP) is 2.97. The van der Waals surface area contributed by atoms with Crippen LogP contribution in [0.2, 0.25) is 0 Å². The molecule has 2 aliphatic rings. The fourth-order valence-corrected chi connectivity index (χ4v) is 4.09. The van der Waals surface area contributed by atoms with E-state index in [1.54, 1.807) is 12.4 Å². The molecule has 0 radical (unpaired) electrons. The molecule has 2 aliphatic heterocycles. The maximum absolute atomic E-state index is 12.8. The fraction of sp³-hybridized carbons (Fsp3) is 0.381. The van der Waals surface area contributed by atoms with Gasteiger partial charge < -0.3 is 9.80 Å². The number of pyridine rings is 1. The minimum atomic E-state index is -0.130. The molecule has 2 amide bonds. The quantitative estimate of drug-likeness (QED) is 0.838. The van der Waals surface area contributed by atoms with Crippen molar-refractivity contribution in [3.8, 4) is 0 Å². The normalized spacial score (nSPS) is 22.5. The number of hydrogen-bond donors (Lipinski definition) is 0. The van der Waals surface area contributed by atoms with E-state index in [1.165, 1.54) is 5.56 Å². The Bertz CT molecular complexity index is 862. The molecule has 1 spiro atoms. The lowest BCUT2D eigenvalue weighted by molar-refractivity contribution is -0.117. The second kappa shape index (κ2) is 6.24. The lowest BCUT2D eigenvalue weighted by Gasteiger charge is -2.24. The minimum absolute atomic E-state index is 0.0132. The van der Waals surface area contributed by atoms with Crippen LogP contribution in [0.3, 0.4) is 0 Å². The second-order valence-corrected chi connectivity index (χ2v) is 7.72. The molecule has 1 atom stereocenters. The number of amides is 2. The topological polar surface area (TPSA) is 53.5 Å². The molecule has 0 aliphatic carbocycles. The lowest BCUT2D eigenvalue weighted by Crippen LogP contribution is -2.34. The van der Waals surface area contributed by atoms with Crippen LogP contribution in [0, 0.1) is 19.3 Å². The van der Waals surface area contributed by atoms with Crippen LogP contribution in [0.4, 0.5) is 5.69 Å². The van der Waals surface area contributed by atoms with Gasteiger partial charge in [-0.2, -0.15) is 0 Å². The molecule has 0 saturated carbocycles. The molecule has 0 bridgehead atoms. The highest BCUT2D eigenvalue weighted by molar-refractivity contribution is 5.97. The molecule has 1 aromatic carbocycles. The first-order valence-corrected chi connectivity index (χ1v) is 9.04. The highest BCUT2D eigenvalue weighted by atomic mass is 16.2. The van der Waals surface area contributed by atoms with Gasteiger partial charge in [0.25, 0.3) is 5.91 Å². The van der Waals surface area contributed by atoms with Crippen LogP contribution in [0.15, 0.2) is 42.7 Å². The first-order chi connectivity index (χ1) is 12.5. The Kier molecular flexibility index (Phi) is 4.02. The van der Waals surface area contributed by atoms with Crippen molar-refractivity contribution in [2.45, 2.75) is 26.7 Å². The molecule has 1 aromatic heterocycles. The number of anilines is 1. The third-order valence-corrected chi connectivity index (χ3v) is 5.51. The van der Waals surface area contributed by atoms with Crippen molar-refractivity contribution >= 4 is 17.5 Å². The average molecular weight is 349 g/mol. The summed E-state index contributed by atoms with van der Waals surface area (Å²) < 4.78 is 0. The van der Waals surface area contributed by atoms with Crippen LogP contribution in [0.5, 0.6) is 0 Å². The average Bonchev–Trinajstić information content (AvgIpc) is 3.18. The Morgan fingerprint density at radius 2 is 1.85 bits per heavy atom. The molecular weight excluding hydrogens is 326 g/mol. The van der Waals surface area contributed by atoms with E-state index in [4.69, 9.17) is 0 Å². The molecule has 134 valence electrons. The van der Waals surface area contributed by atoms with E-state index in [0.29, 0.717) is 31.6 Å². The molecule has 0 N–H and O–H groups in total. The number of benzene rings is 1. The van der Waals surface area contributed by atoms with Crippen LogP contribution in [-0.2, 0) is 4.79 Å². The summed E-state index contributed by atoms with van der Waals surface area (Å²) in [5.41, 5.74) is 3.60. The number of carbonyl (C=O) groups excluding carboxylic acids is 2.